The minimum Gasteiger partial charge on any atom is -0.497 e. The third-order valence-corrected chi connectivity index (χ3v) is 16.7. The molecule has 0 radical (unpaired) electrons. The van der Waals surface area contributed by atoms with Crippen LogP contribution in [0, 0.1) is 0 Å². The van der Waals surface area contributed by atoms with Gasteiger partial charge in [-0.25, -0.2) is 19.6 Å². The Labute approximate surface area is 447 Å². The summed E-state index contributed by atoms with van der Waals surface area (Å²) in [6.07, 6.45) is -0.512. The molecule has 3 amide bonds. The van der Waals surface area contributed by atoms with Crippen molar-refractivity contribution in [3.8, 4) is 5.75 Å². The van der Waals surface area contributed by atoms with Gasteiger partial charge in [-0.15, -0.1) is 23.1 Å². The number of anilines is 1. The van der Waals surface area contributed by atoms with Crippen LogP contribution in [0.3, 0.4) is 0 Å². The zero-order valence-electron chi connectivity index (χ0n) is 39.9. The molecule has 9 rings (SSSR count). The maximum Gasteiger partial charge on any atom is 0.407 e. The molecule has 0 aliphatic carbocycles. The SMILES string of the molecule is CO/N=C(\C(=O)NC1C(=O)N2C(C(=O)OCc3ccc(OC)cc3)=C(CSc3nc(SCCNC(=O)OCc4ccccc4)ns3)CS[C@H]12)c1csc(NC(c2ccccc2)(c2ccccc2)c2ccccc2)n1. The number of ether oxygens (including phenoxy) is 3. The number of rotatable bonds is 22. The Bertz CT molecular complexity index is 3010. The van der Waals surface area contributed by atoms with Crippen molar-refractivity contribution in [2.75, 3.05) is 43.3 Å². The van der Waals surface area contributed by atoms with Crippen molar-refractivity contribution in [1.82, 2.24) is 29.9 Å². The Balaban J connectivity index is 0.879. The number of alkyl carbamates (subject to hydrolysis) is 1. The fraction of sp³-hybridized carbons (Fsp3) is 0.208. The standard InChI is InChI=1S/C53H48N8O8S5/c1-66-40-25-23-35(24-26-40)29-68-48(64)44-36(32-73-52-57-50(60-74-52)70-28-27-54-51(65)69-30-34-15-7-3-8-16-34)31-71-47-43(46(63)61(44)47)56-45(62)42(59-67-2)41-33-72-49(55-41)58-53(37-17-9-4-10-18-37,38-19-11-5-12-20-38)39-21-13-6-14-22-39/h3-26,33,43,47H,27-32H2,1-2H3,(H,54,65)(H,55,58)(H,56,62)/b59-42-/t43?,47-/m1/s1. The van der Waals surface area contributed by atoms with Crippen molar-refractivity contribution in [2.24, 2.45) is 5.16 Å². The Hall–Kier alpha value is -7.17. The Kier molecular flexibility index (Phi) is 17.3. The molecule has 16 nitrogen and oxygen atoms in total. The Morgan fingerprint density at radius 1 is 0.784 bits per heavy atom. The van der Waals surface area contributed by atoms with E-state index in [9.17, 15) is 19.2 Å². The number of amides is 3. The lowest BCUT2D eigenvalue weighted by Gasteiger charge is -2.49. The summed E-state index contributed by atoms with van der Waals surface area (Å²) in [7, 11) is 2.90. The minimum absolute atomic E-state index is 0.0478. The van der Waals surface area contributed by atoms with Gasteiger partial charge >= 0.3 is 12.1 Å². The molecule has 0 bridgehead atoms. The van der Waals surface area contributed by atoms with Gasteiger partial charge in [0.25, 0.3) is 11.8 Å². The predicted molar refractivity (Wildman–Crippen MR) is 289 cm³/mol. The van der Waals surface area contributed by atoms with Gasteiger partial charge in [0.15, 0.2) is 15.2 Å². The highest BCUT2D eigenvalue weighted by Crippen LogP contribution is 2.43. The normalized spacial score (nSPS) is 15.4. The molecule has 0 saturated carbocycles. The third-order valence-electron chi connectivity index (χ3n) is 11.7. The molecule has 2 aliphatic heterocycles. The fourth-order valence-electron chi connectivity index (χ4n) is 8.14. The van der Waals surface area contributed by atoms with Gasteiger partial charge in [0, 0.05) is 29.2 Å². The smallest absolute Gasteiger partial charge is 0.407 e. The number of β-lactam (4-membered cyclic amide) rings is 1. The first-order chi connectivity index (χ1) is 36.2. The molecule has 21 heteroatoms. The van der Waals surface area contributed by atoms with Crippen LogP contribution in [0.15, 0.2) is 177 Å². The first kappa shape index (κ1) is 51.7. The molecule has 5 aromatic carbocycles. The van der Waals surface area contributed by atoms with Crippen molar-refractivity contribution in [1.29, 1.82) is 0 Å². The van der Waals surface area contributed by atoms with Crippen molar-refractivity contribution in [3.05, 3.63) is 196 Å². The molecular weight excluding hydrogens is 1040 g/mol. The first-order valence-corrected chi connectivity index (χ1v) is 27.7. The molecule has 1 fully saturated rings. The van der Waals surface area contributed by atoms with Crippen LogP contribution in [0.2, 0.25) is 0 Å². The average Bonchev–Trinajstić information content (AvgIpc) is 4.12. The summed E-state index contributed by atoms with van der Waals surface area (Å²) in [5.41, 5.74) is 4.55. The number of esters is 1. The van der Waals surface area contributed by atoms with Gasteiger partial charge in [-0.1, -0.05) is 162 Å². The number of aromatic nitrogens is 3. The molecule has 74 heavy (non-hydrogen) atoms. The number of oxime groups is 1. The van der Waals surface area contributed by atoms with E-state index in [1.165, 1.54) is 70.2 Å². The number of thiazole rings is 1. The van der Waals surface area contributed by atoms with E-state index in [4.69, 9.17) is 24.0 Å². The van der Waals surface area contributed by atoms with Crippen LogP contribution in [0.1, 0.15) is 33.5 Å². The molecule has 3 N–H and O–H groups in total. The van der Waals surface area contributed by atoms with Gasteiger partial charge in [0.2, 0.25) is 5.16 Å². The van der Waals surface area contributed by atoms with Crippen LogP contribution < -0.4 is 20.7 Å². The Morgan fingerprint density at radius 3 is 2.04 bits per heavy atom. The summed E-state index contributed by atoms with van der Waals surface area (Å²) in [6.45, 7) is 0.479. The number of carbonyl (C=O) groups excluding carboxylic acids is 4. The summed E-state index contributed by atoms with van der Waals surface area (Å²) in [6, 6.07) is 45.8. The summed E-state index contributed by atoms with van der Waals surface area (Å²) in [5, 5.41) is 15.6. The highest BCUT2D eigenvalue weighted by molar-refractivity contribution is 8.02. The lowest BCUT2D eigenvalue weighted by Crippen LogP contribution is -2.71. The number of nitrogens with one attached hydrogen (secondary N) is 3. The highest BCUT2D eigenvalue weighted by atomic mass is 32.2. The van der Waals surface area contributed by atoms with Crippen molar-refractivity contribution in [3.63, 3.8) is 0 Å². The van der Waals surface area contributed by atoms with Gasteiger partial charge in [-0.3, -0.25) is 14.5 Å². The average molecular weight is 1090 g/mol. The summed E-state index contributed by atoms with van der Waals surface area (Å²) in [5.74, 6) is 0.00168. The topological polar surface area (TPSA) is 196 Å². The monoisotopic (exact) mass is 1080 g/mol. The van der Waals surface area contributed by atoms with Gasteiger partial charge in [-0.2, -0.15) is 4.37 Å². The molecule has 4 heterocycles. The van der Waals surface area contributed by atoms with Crippen LogP contribution >= 0.6 is 58.2 Å². The summed E-state index contributed by atoms with van der Waals surface area (Å²) >= 11 is 6.70. The van der Waals surface area contributed by atoms with Gasteiger partial charge in [0.05, 0.1) is 7.11 Å². The molecule has 0 spiro atoms. The molecule has 2 aliphatic rings. The maximum absolute atomic E-state index is 14.2. The highest BCUT2D eigenvalue weighted by Gasteiger charge is 2.55. The van der Waals surface area contributed by atoms with Gasteiger partial charge in [0.1, 0.15) is 54.4 Å². The molecule has 2 atom stereocenters. The van der Waals surface area contributed by atoms with E-state index in [0.29, 0.717) is 49.8 Å². The van der Waals surface area contributed by atoms with E-state index >= 15 is 0 Å². The van der Waals surface area contributed by atoms with E-state index < -0.39 is 40.8 Å². The second kappa shape index (κ2) is 24.7. The number of thioether (sulfide) groups is 3. The zero-order chi connectivity index (χ0) is 51.3. The predicted octanol–water partition coefficient (Wildman–Crippen LogP) is 8.97. The van der Waals surface area contributed by atoms with Crippen molar-refractivity contribution < 1.29 is 38.2 Å². The second-order valence-corrected chi connectivity index (χ2v) is 21.3. The lowest BCUT2D eigenvalue weighted by atomic mass is 9.77. The quantitative estimate of drug-likeness (QED) is 0.0111. The maximum atomic E-state index is 14.2. The fourth-order valence-corrected chi connectivity index (χ4v) is 12.9. The van der Waals surface area contributed by atoms with Crippen LogP contribution in [-0.4, -0.2) is 98.3 Å². The summed E-state index contributed by atoms with van der Waals surface area (Å²) < 4.78 is 21.5. The zero-order valence-corrected chi connectivity index (χ0v) is 44.0. The lowest BCUT2D eigenvalue weighted by molar-refractivity contribution is -0.153. The second-order valence-electron chi connectivity index (χ2n) is 16.3. The van der Waals surface area contributed by atoms with Crippen LogP contribution in [0.25, 0.3) is 0 Å². The number of hydrogen-bond donors (Lipinski definition) is 3. The first-order valence-electron chi connectivity index (χ1n) is 23.1. The van der Waals surface area contributed by atoms with Gasteiger partial charge < -0.3 is 35.0 Å². The van der Waals surface area contributed by atoms with Crippen LogP contribution in [-0.2, 0) is 47.4 Å². The van der Waals surface area contributed by atoms with Crippen LogP contribution in [0.5, 0.6) is 5.75 Å². The molecule has 1 saturated heterocycles. The number of benzene rings is 5. The van der Waals surface area contributed by atoms with Crippen LogP contribution in [0.4, 0.5) is 9.93 Å². The van der Waals surface area contributed by atoms with Crippen molar-refractivity contribution >= 4 is 92.9 Å². The van der Waals surface area contributed by atoms with Crippen molar-refractivity contribution in [2.45, 2.75) is 39.7 Å². The Morgan fingerprint density at radius 2 is 1.41 bits per heavy atom. The summed E-state index contributed by atoms with van der Waals surface area (Å²) in [4.78, 5) is 70.9. The van der Waals surface area contributed by atoms with E-state index in [0.717, 1.165) is 27.8 Å². The number of hydrogen-bond acceptors (Lipinski definition) is 18. The number of carbonyl (C=O) groups is 4. The van der Waals surface area contributed by atoms with E-state index in [1.807, 2.05) is 84.9 Å². The van der Waals surface area contributed by atoms with E-state index in [-0.39, 0.29) is 30.3 Å². The number of methoxy groups -OCH3 is 1. The molecule has 1 unspecified atom stereocenters. The molecule has 7 aromatic rings. The molecule has 378 valence electrons. The van der Waals surface area contributed by atoms with E-state index in [2.05, 4.69) is 66.9 Å². The van der Waals surface area contributed by atoms with Gasteiger partial charge in [-0.05, 0) is 57.1 Å². The third kappa shape index (κ3) is 12.1. The number of nitrogens with zero attached hydrogens (tertiary/aromatic N) is 5. The minimum atomic E-state index is -1.01. The largest absolute Gasteiger partial charge is 0.497 e. The molecular formula is C53H48N8O8S5. The number of fused-ring (bicyclic) bond motifs is 1. The van der Waals surface area contributed by atoms with E-state index in [1.54, 1.807) is 36.8 Å². The molecule has 2 aromatic heterocycles.